The number of carbonyl (C=O) groups is 2. The van der Waals surface area contributed by atoms with Gasteiger partial charge < -0.3 is 15.0 Å². The van der Waals surface area contributed by atoms with Gasteiger partial charge in [-0.05, 0) is 24.5 Å². The van der Waals surface area contributed by atoms with Gasteiger partial charge in [-0.2, -0.15) is 13.2 Å². The van der Waals surface area contributed by atoms with Crippen LogP contribution in [0.2, 0.25) is 0 Å². The Morgan fingerprint density at radius 1 is 1.28 bits per heavy atom. The van der Waals surface area contributed by atoms with Gasteiger partial charge in [0.1, 0.15) is 12.6 Å². The van der Waals surface area contributed by atoms with Gasteiger partial charge in [0.2, 0.25) is 11.7 Å². The van der Waals surface area contributed by atoms with Gasteiger partial charge in [0.05, 0.1) is 11.0 Å². The number of aliphatic carboxylic acids is 1. The van der Waals surface area contributed by atoms with E-state index in [1.54, 1.807) is 19.9 Å². The lowest BCUT2D eigenvalue weighted by atomic mass is 10.0. The highest BCUT2D eigenvalue weighted by atomic mass is 19.4. The molecule has 0 saturated heterocycles. The number of nitrogens with zero attached hydrogens (tertiary/aromatic N) is 2. The molecule has 1 heterocycles. The van der Waals surface area contributed by atoms with Crippen LogP contribution in [0.1, 0.15) is 26.1 Å². The molecule has 0 aliphatic heterocycles. The highest BCUT2D eigenvalue weighted by Crippen LogP contribution is 2.31. The highest BCUT2D eigenvalue weighted by molar-refractivity contribution is 5.85. The summed E-state index contributed by atoms with van der Waals surface area (Å²) in [5.41, 5.74) is 0.264. The smallest absolute Gasteiger partial charge is 0.449 e. The fourth-order valence-corrected chi connectivity index (χ4v) is 2.53. The maximum atomic E-state index is 13.2. The first kappa shape index (κ1) is 18.8. The Morgan fingerprint density at radius 2 is 1.92 bits per heavy atom. The summed E-state index contributed by atoms with van der Waals surface area (Å²) in [6, 6.07) is 4.77. The summed E-state index contributed by atoms with van der Waals surface area (Å²) in [7, 11) is 0. The second kappa shape index (κ2) is 7.12. The topological polar surface area (TPSA) is 84.2 Å². The van der Waals surface area contributed by atoms with Gasteiger partial charge >= 0.3 is 12.1 Å². The predicted octanol–water partition coefficient (Wildman–Crippen LogP) is 2.67. The maximum Gasteiger partial charge on any atom is 0.449 e. The fraction of sp³-hybridized carbons (Fsp3) is 0.438. The number of hydrogen-bond donors (Lipinski definition) is 2. The molecule has 6 nitrogen and oxygen atoms in total. The molecule has 1 atom stereocenters. The summed E-state index contributed by atoms with van der Waals surface area (Å²) in [5.74, 6) is -3.24. The first-order chi connectivity index (χ1) is 11.6. The van der Waals surface area contributed by atoms with Crippen molar-refractivity contribution >= 4 is 22.9 Å². The van der Waals surface area contributed by atoms with E-state index in [4.69, 9.17) is 5.11 Å². The Morgan fingerprint density at radius 3 is 2.48 bits per heavy atom. The van der Waals surface area contributed by atoms with E-state index in [0.29, 0.717) is 0 Å². The lowest BCUT2D eigenvalue weighted by molar-refractivity contribution is -0.148. The maximum absolute atomic E-state index is 13.2. The number of para-hydroxylation sites is 2. The Balaban J connectivity index is 2.29. The van der Waals surface area contributed by atoms with E-state index in [-0.39, 0.29) is 23.4 Å². The second-order valence-electron chi connectivity index (χ2n) is 6.10. The summed E-state index contributed by atoms with van der Waals surface area (Å²) >= 11 is 0. The number of aromatic nitrogens is 2. The number of imidazole rings is 1. The van der Waals surface area contributed by atoms with Crippen molar-refractivity contribution in [3.8, 4) is 0 Å². The molecular weight excluding hydrogens is 339 g/mol. The normalized spacial score (nSPS) is 13.2. The lowest BCUT2D eigenvalue weighted by Crippen LogP contribution is -2.43. The molecule has 0 radical (unpaired) electrons. The summed E-state index contributed by atoms with van der Waals surface area (Å²) in [6.45, 7) is 2.90. The van der Waals surface area contributed by atoms with E-state index in [9.17, 15) is 22.8 Å². The number of carboxylic acid groups (broad SMARTS) is 1. The van der Waals surface area contributed by atoms with Gasteiger partial charge in [0, 0.05) is 0 Å². The van der Waals surface area contributed by atoms with Crippen molar-refractivity contribution < 1.29 is 27.9 Å². The van der Waals surface area contributed by atoms with Crippen LogP contribution in [-0.2, 0) is 22.3 Å². The number of rotatable bonds is 6. The van der Waals surface area contributed by atoms with Crippen LogP contribution >= 0.6 is 0 Å². The largest absolute Gasteiger partial charge is 0.480 e. The molecule has 0 fully saturated rings. The number of benzene rings is 1. The minimum Gasteiger partial charge on any atom is -0.480 e. The van der Waals surface area contributed by atoms with Crippen molar-refractivity contribution in [2.24, 2.45) is 5.92 Å². The lowest BCUT2D eigenvalue weighted by Gasteiger charge is -2.17. The van der Waals surface area contributed by atoms with Crippen molar-refractivity contribution in [1.29, 1.82) is 0 Å². The molecule has 1 aromatic carbocycles. The monoisotopic (exact) mass is 357 g/mol. The number of nitrogens with one attached hydrogen (secondary N) is 1. The van der Waals surface area contributed by atoms with Crippen LogP contribution in [0.25, 0.3) is 11.0 Å². The molecule has 9 heteroatoms. The average Bonchev–Trinajstić information content (AvgIpc) is 2.85. The number of amides is 1. The molecule has 0 aliphatic carbocycles. The number of alkyl halides is 3. The Labute approximate surface area is 141 Å². The minimum absolute atomic E-state index is 0.00112. The molecule has 2 aromatic rings. The van der Waals surface area contributed by atoms with Crippen molar-refractivity contribution in [2.45, 2.75) is 39.0 Å². The van der Waals surface area contributed by atoms with Crippen LogP contribution in [0.5, 0.6) is 0 Å². The van der Waals surface area contributed by atoms with Gasteiger partial charge in [0.15, 0.2) is 0 Å². The van der Waals surface area contributed by atoms with Crippen molar-refractivity contribution in [3.63, 3.8) is 0 Å². The Bertz CT molecular complexity index is 784. The summed E-state index contributed by atoms with van der Waals surface area (Å²) in [4.78, 5) is 26.9. The molecular formula is C16H18F3N3O3. The predicted molar refractivity (Wildman–Crippen MR) is 83.8 cm³/mol. The van der Waals surface area contributed by atoms with E-state index < -0.39 is 36.5 Å². The third-order valence-corrected chi connectivity index (χ3v) is 3.55. The Hall–Kier alpha value is -2.58. The van der Waals surface area contributed by atoms with Crippen LogP contribution in [0.3, 0.4) is 0 Å². The quantitative estimate of drug-likeness (QED) is 0.832. The summed E-state index contributed by atoms with van der Waals surface area (Å²) in [5, 5.41) is 11.4. The average molecular weight is 357 g/mol. The van der Waals surface area contributed by atoms with Gasteiger partial charge in [-0.3, -0.25) is 4.79 Å². The number of carboxylic acids is 1. The second-order valence-corrected chi connectivity index (χ2v) is 6.10. The minimum atomic E-state index is -4.73. The number of halogens is 3. The van der Waals surface area contributed by atoms with Crippen LogP contribution < -0.4 is 5.32 Å². The molecule has 25 heavy (non-hydrogen) atoms. The molecule has 1 amide bonds. The summed E-state index contributed by atoms with van der Waals surface area (Å²) in [6.07, 6.45) is -4.55. The molecule has 136 valence electrons. The zero-order valence-electron chi connectivity index (χ0n) is 13.7. The van der Waals surface area contributed by atoms with Crippen molar-refractivity contribution in [1.82, 2.24) is 14.9 Å². The van der Waals surface area contributed by atoms with Crippen molar-refractivity contribution in [3.05, 3.63) is 30.1 Å². The van der Waals surface area contributed by atoms with E-state index in [1.807, 2.05) is 0 Å². The SMILES string of the molecule is CC(C)C[C@@H](NC(=O)Cn1c(C(F)(F)F)nc2ccccc21)C(=O)O. The third kappa shape index (κ3) is 4.49. The van der Waals surface area contributed by atoms with E-state index in [1.165, 1.54) is 18.2 Å². The zero-order chi connectivity index (χ0) is 18.8. The first-order valence-corrected chi connectivity index (χ1v) is 7.64. The van der Waals surface area contributed by atoms with Gasteiger partial charge in [-0.15, -0.1) is 0 Å². The van der Waals surface area contributed by atoms with Crippen LogP contribution in [0.15, 0.2) is 24.3 Å². The molecule has 1 aromatic heterocycles. The van der Waals surface area contributed by atoms with E-state index in [2.05, 4.69) is 10.3 Å². The first-order valence-electron chi connectivity index (χ1n) is 7.64. The third-order valence-electron chi connectivity index (χ3n) is 3.55. The van der Waals surface area contributed by atoms with Gasteiger partial charge in [-0.1, -0.05) is 26.0 Å². The van der Waals surface area contributed by atoms with E-state index in [0.717, 1.165) is 4.57 Å². The van der Waals surface area contributed by atoms with Crippen LogP contribution in [0.4, 0.5) is 13.2 Å². The number of fused-ring (bicyclic) bond motifs is 1. The zero-order valence-corrected chi connectivity index (χ0v) is 13.7. The van der Waals surface area contributed by atoms with Crippen molar-refractivity contribution in [2.75, 3.05) is 0 Å². The molecule has 0 bridgehead atoms. The number of hydrogen-bond acceptors (Lipinski definition) is 3. The molecule has 0 unspecified atom stereocenters. The summed E-state index contributed by atoms with van der Waals surface area (Å²) < 4.78 is 40.3. The number of carbonyl (C=O) groups excluding carboxylic acids is 1. The fourth-order valence-electron chi connectivity index (χ4n) is 2.53. The Kier molecular flexibility index (Phi) is 5.34. The van der Waals surface area contributed by atoms with E-state index >= 15 is 0 Å². The molecule has 0 aliphatic rings. The van der Waals surface area contributed by atoms with Crippen LogP contribution in [-0.4, -0.2) is 32.6 Å². The van der Waals surface area contributed by atoms with Crippen LogP contribution in [0, 0.1) is 5.92 Å². The molecule has 0 saturated carbocycles. The molecule has 2 N–H and O–H groups in total. The van der Waals surface area contributed by atoms with Gasteiger partial charge in [-0.25, -0.2) is 9.78 Å². The highest BCUT2D eigenvalue weighted by Gasteiger charge is 2.38. The standard InChI is InChI=1S/C16H18F3N3O3/c1-9(2)7-11(14(24)25)20-13(23)8-22-12-6-4-3-5-10(12)21-15(22)16(17,18)19/h3-6,9,11H,7-8H2,1-2H3,(H,20,23)(H,24,25)/t11-/m1/s1. The molecule has 2 rings (SSSR count). The van der Waals surface area contributed by atoms with Gasteiger partial charge in [0.25, 0.3) is 0 Å². The molecule has 0 spiro atoms.